The van der Waals surface area contributed by atoms with Gasteiger partial charge in [-0.15, -0.1) is 0 Å². The number of fused-ring (bicyclic) bond motifs is 1. The molecule has 0 fully saturated rings. The third-order valence-electron chi connectivity index (χ3n) is 5.13. The molecule has 5 nitrogen and oxygen atoms in total. The fourth-order valence-corrected chi connectivity index (χ4v) is 3.57. The SMILES string of the molecule is CCNC(=NCCCc1ccccc1)NCCCC(=O)N1Cc2ccccc2C1. The summed E-state index contributed by atoms with van der Waals surface area (Å²) in [5, 5.41) is 6.63. The molecule has 2 N–H and O–H groups in total. The molecule has 0 spiro atoms. The van der Waals surface area contributed by atoms with Crippen LogP contribution in [-0.4, -0.2) is 36.4 Å². The molecule has 1 amide bonds. The number of aliphatic imine (C=N–C) groups is 1. The van der Waals surface area contributed by atoms with Gasteiger partial charge in [-0.2, -0.15) is 0 Å². The van der Waals surface area contributed by atoms with Crippen LogP contribution in [0, 0.1) is 0 Å². The number of nitrogens with zero attached hydrogens (tertiary/aromatic N) is 2. The van der Waals surface area contributed by atoms with Gasteiger partial charge in [-0.1, -0.05) is 54.6 Å². The number of carbonyl (C=O) groups excluding carboxylic acids is 1. The summed E-state index contributed by atoms with van der Waals surface area (Å²) in [6.45, 7) is 5.92. The number of guanidine groups is 1. The molecule has 0 saturated heterocycles. The van der Waals surface area contributed by atoms with E-state index in [2.05, 4.69) is 58.9 Å². The largest absolute Gasteiger partial charge is 0.357 e. The first kappa shape index (κ1) is 20.9. The third kappa shape index (κ3) is 6.63. The van der Waals surface area contributed by atoms with Crippen molar-refractivity contribution in [2.45, 2.75) is 45.7 Å². The number of amides is 1. The van der Waals surface area contributed by atoms with Gasteiger partial charge in [0.15, 0.2) is 5.96 Å². The van der Waals surface area contributed by atoms with E-state index in [-0.39, 0.29) is 5.91 Å². The first-order chi connectivity index (χ1) is 14.3. The van der Waals surface area contributed by atoms with Gasteiger partial charge in [-0.05, 0) is 42.9 Å². The monoisotopic (exact) mass is 392 g/mol. The summed E-state index contributed by atoms with van der Waals surface area (Å²) in [6, 6.07) is 18.8. The number of aryl methyl sites for hydroxylation is 1. The molecule has 0 unspecified atom stereocenters. The number of benzene rings is 2. The van der Waals surface area contributed by atoms with E-state index in [9.17, 15) is 4.79 Å². The molecule has 0 bridgehead atoms. The van der Waals surface area contributed by atoms with Gasteiger partial charge in [0.1, 0.15) is 0 Å². The summed E-state index contributed by atoms with van der Waals surface area (Å²) in [4.78, 5) is 19.1. The molecule has 0 saturated carbocycles. The summed E-state index contributed by atoms with van der Waals surface area (Å²) >= 11 is 0. The van der Waals surface area contributed by atoms with Crippen LogP contribution in [0.25, 0.3) is 0 Å². The van der Waals surface area contributed by atoms with Crippen LogP contribution in [0.3, 0.4) is 0 Å². The fourth-order valence-electron chi connectivity index (χ4n) is 3.57. The molecule has 0 aromatic heterocycles. The zero-order valence-corrected chi connectivity index (χ0v) is 17.4. The van der Waals surface area contributed by atoms with Crippen molar-refractivity contribution >= 4 is 11.9 Å². The van der Waals surface area contributed by atoms with Crippen molar-refractivity contribution in [3.63, 3.8) is 0 Å². The average molecular weight is 393 g/mol. The molecule has 0 radical (unpaired) electrons. The Kier molecular flexibility index (Phi) is 8.11. The summed E-state index contributed by atoms with van der Waals surface area (Å²) in [7, 11) is 0. The number of rotatable bonds is 9. The lowest BCUT2D eigenvalue weighted by Crippen LogP contribution is -2.38. The van der Waals surface area contributed by atoms with Crippen molar-refractivity contribution in [2.75, 3.05) is 19.6 Å². The predicted molar refractivity (Wildman–Crippen MR) is 119 cm³/mol. The lowest BCUT2D eigenvalue weighted by Gasteiger charge is -2.16. The molecular weight excluding hydrogens is 360 g/mol. The molecule has 1 heterocycles. The first-order valence-corrected chi connectivity index (χ1v) is 10.7. The second-order valence-corrected chi connectivity index (χ2v) is 7.40. The van der Waals surface area contributed by atoms with Crippen LogP contribution in [0.1, 0.15) is 42.9 Å². The molecule has 0 aliphatic carbocycles. The molecule has 1 aliphatic rings. The van der Waals surface area contributed by atoms with E-state index < -0.39 is 0 Å². The molecule has 3 rings (SSSR count). The summed E-state index contributed by atoms with van der Waals surface area (Å²) in [5.41, 5.74) is 3.90. The van der Waals surface area contributed by atoms with Crippen molar-refractivity contribution < 1.29 is 4.79 Å². The van der Waals surface area contributed by atoms with Crippen LogP contribution in [-0.2, 0) is 24.3 Å². The topological polar surface area (TPSA) is 56.7 Å². The molecule has 2 aromatic carbocycles. The maximum atomic E-state index is 12.5. The summed E-state index contributed by atoms with van der Waals surface area (Å²) in [6.07, 6.45) is 3.43. The maximum absolute atomic E-state index is 12.5. The minimum Gasteiger partial charge on any atom is -0.357 e. The standard InChI is InChI=1S/C24H32N4O/c1-2-25-24(26-16-8-12-20-10-4-3-5-11-20)27-17-9-15-23(29)28-18-21-13-6-7-14-22(21)19-28/h3-7,10-11,13-14H,2,8-9,12,15-19H2,1H3,(H2,25,26,27). The van der Waals surface area contributed by atoms with Crippen LogP contribution in [0.2, 0.25) is 0 Å². The van der Waals surface area contributed by atoms with Crippen LogP contribution < -0.4 is 10.6 Å². The van der Waals surface area contributed by atoms with Gasteiger partial charge in [-0.25, -0.2) is 0 Å². The second kappa shape index (κ2) is 11.2. The van der Waals surface area contributed by atoms with E-state index >= 15 is 0 Å². The second-order valence-electron chi connectivity index (χ2n) is 7.40. The minimum absolute atomic E-state index is 0.229. The van der Waals surface area contributed by atoms with Crippen molar-refractivity contribution in [3.05, 3.63) is 71.3 Å². The van der Waals surface area contributed by atoms with Crippen LogP contribution in [0.5, 0.6) is 0 Å². The Balaban J connectivity index is 1.34. The number of hydrogen-bond donors (Lipinski definition) is 2. The van der Waals surface area contributed by atoms with E-state index in [0.29, 0.717) is 6.42 Å². The smallest absolute Gasteiger partial charge is 0.223 e. The molecule has 5 heteroatoms. The molecule has 2 aromatic rings. The van der Waals surface area contributed by atoms with Crippen LogP contribution >= 0.6 is 0 Å². The van der Waals surface area contributed by atoms with Gasteiger partial charge in [0.05, 0.1) is 0 Å². The van der Waals surface area contributed by atoms with Gasteiger partial charge in [0.25, 0.3) is 0 Å². The Labute approximate surface area is 174 Å². The Morgan fingerprint density at radius 3 is 2.34 bits per heavy atom. The third-order valence-corrected chi connectivity index (χ3v) is 5.13. The van der Waals surface area contributed by atoms with E-state index in [1.165, 1.54) is 16.7 Å². The van der Waals surface area contributed by atoms with Crippen molar-refractivity contribution in [2.24, 2.45) is 4.99 Å². The average Bonchev–Trinajstić information content (AvgIpc) is 3.19. The Morgan fingerprint density at radius 2 is 1.66 bits per heavy atom. The molecule has 1 aliphatic heterocycles. The van der Waals surface area contributed by atoms with Crippen molar-refractivity contribution in [1.82, 2.24) is 15.5 Å². The molecule has 29 heavy (non-hydrogen) atoms. The maximum Gasteiger partial charge on any atom is 0.223 e. The molecule has 154 valence electrons. The lowest BCUT2D eigenvalue weighted by molar-refractivity contribution is -0.131. The predicted octanol–water partition coefficient (Wildman–Crippen LogP) is 3.50. The van der Waals surface area contributed by atoms with Gasteiger partial charge in [-0.3, -0.25) is 9.79 Å². The van der Waals surface area contributed by atoms with E-state index in [4.69, 9.17) is 0 Å². The van der Waals surface area contributed by atoms with E-state index in [1.807, 2.05) is 23.1 Å². The van der Waals surface area contributed by atoms with Gasteiger partial charge >= 0.3 is 0 Å². The highest BCUT2D eigenvalue weighted by atomic mass is 16.2. The van der Waals surface area contributed by atoms with Gasteiger partial charge < -0.3 is 15.5 Å². The number of hydrogen-bond acceptors (Lipinski definition) is 2. The van der Waals surface area contributed by atoms with Gasteiger partial charge in [0.2, 0.25) is 5.91 Å². The first-order valence-electron chi connectivity index (χ1n) is 10.7. The highest BCUT2D eigenvalue weighted by Crippen LogP contribution is 2.22. The van der Waals surface area contributed by atoms with E-state index in [0.717, 1.165) is 57.9 Å². The zero-order chi connectivity index (χ0) is 20.3. The minimum atomic E-state index is 0.229. The van der Waals surface area contributed by atoms with Crippen molar-refractivity contribution in [1.29, 1.82) is 0 Å². The summed E-state index contributed by atoms with van der Waals surface area (Å²) < 4.78 is 0. The van der Waals surface area contributed by atoms with Crippen molar-refractivity contribution in [3.8, 4) is 0 Å². The highest BCUT2D eigenvalue weighted by Gasteiger charge is 2.22. The van der Waals surface area contributed by atoms with E-state index in [1.54, 1.807) is 0 Å². The quantitative estimate of drug-likeness (QED) is 0.390. The Hall–Kier alpha value is -2.82. The highest BCUT2D eigenvalue weighted by molar-refractivity contribution is 5.80. The number of nitrogens with one attached hydrogen (secondary N) is 2. The summed E-state index contributed by atoms with van der Waals surface area (Å²) in [5.74, 6) is 1.06. The van der Waals surface area contributed by atoms with Gasteiger partial charge in [0, 0.05) is 39.1 Å². The lowest BCUT2D eigenvalue weighted by atomic mass is 10.1. The normalized spacial score (nSPS) is 13.3. The fraction of sp³-hybridized carbons (Fsp3) is 0.417. The zero-order valence-electron chi connectivity index (χ0n) is 17.4. The molecular formula is C24H32N4O. The van der Waals surface area contributed by atoms with Crippen LogP contribution in [0.15, 0.2) is 59.6 Å². The molecule has 0 atom stereocenters. The van der Waals surface area contributed by atoms with Crippen LogP contribution in [0.4, 0.5) is 0 Å². The Morgan fingerprint density at radius 1 is 0.966 bits per heavy atom. The number of carbonyl (C=O) groups is 1. The Bertz CT molecular complexity index is 779.